The van der Waals surface area contributed by atoms with Crippen LogP contribution in [0.5, 0.6) is 0 Å². The molecule has 2 aromatic rings. The summed E-state index contributed by atoms with van der Waals surface area (Å²) < 4.78 is 10.4. The molecule has 0 saturated heterocycles. The van der Waals surface area contributed by atoms with Crippen LogP contribution in [0.3, 0.4) is 0 Å². The third-order valence-corrected chi connectivity index (χ3v) is 3.76. The fraction of sp³-hybridized carbons (Fsp3) is 0.667. The molecular formula is C12H18N4OS. The second-order valence-electron chi connectivity index (χ2n) is 5.01. The SMILES string of the molecule is Cc1nn(C)c2c1[nH]c(=S)n2CCOCC1CC1. The maximum Gasteiger partial charge on any atom is 0.179 e. The molecule has 0 atom stereocenters. The lowest BCUT2D eigenvalue weighted by Gasteiger charge is -2.05. The monoisotopic (exact) mass is 266 g/mol. The number of H-pyrrole nitrogens is 1. The molecule has 18 heavy (non-hydrogen) atoms. The molecule has 3 rings (SSSR count). The Morgan fingerprint density at radius 1 is 1.50 bits per heavy atom. The van der Waals surface area contributed by atoms with Crippen LogP contribution in [-0.2, 0) is 18.3 Å². The van der Waals surface area contributed by atoms with Crippen molar-refractivity contribution in [1.29, 1.82) is 0 Å². The Balaban J connectivity index is 1.77. The summed E-state index contributed by atoms with van der Waals surface area (Å²) in [4.78, 5) is 3.22. The van der Waals surface area contributed by atoms with Gasteiger partial charge in [0.25, 0.3) is 0 Å². The van der Waals surface area contributed by atoms with E-state index in [1.54, 1.807) is 0 Å². The average Bonchev–Trinajstić information content (AvgIpc) is 3.03. The molecule has 1 fully saturated rings. The van der Waals surface area contributed by atoms with Crippen LogP contribution in [0, 0.1) is 17.6 Å². The predicted octanol–water partition coefficient (Wildman–Crippen LogP) is 2.17. The van der Waals surface area contributed by atoms with Crippen LogP contribution in [-0.4, -0.2) is 32.5 Å². The number of rotatable bonds is 5. The zero-order valence-electron chi connectivity index (χ0n) is 10.8. The molecule has 2 heterocycles. The second-order valence-corrected chi connectivity index (χ2v) is 5.39. The molecule has 0 aromatic carbocycles. The number of imidazole rings is 1. The highest BCUT2D eigenvalue weighted by molar-refractivity contribution is 7.71. The van der Waals surface area contributed by atoms with Gasteiger partial charge in [-0.25, -0.2) is 0 Å². The van der Waals surface area contributed by atoms with Gasteiger partial charge in [-0.1, -0.05) is 0 Å². The first-order valence-electron chi connectivity index (χ1n) is 6.36. The van der Waals surface area contributed by atoms with E-state index in [-0.39, 0.29) is 0 Å². The van der Waals surface area contributed by atoms with E-state index in [0.717, 1.165) is 40.7 Å². The number of aromatic nitrogens is 4. The van der Waals surface area contributed by atoms with Gasteiger partial charge in [0.1, 0.15) is 5.52 Å². The van der Waals surface area contributed by atoms with Crippen LogP contribution < -0.4 is 0 Å². The van der Waals surface area contributed by atoms with Crippen molar-refractivity contribution in [3.05, 3.63) is 10.5 Å². The molecule has 5 nitrogen and oxygen atoms in total. The quantitative estimate of drug-likeness (QED) is 0.666. The molecule has 0 spiro atoms. The number of aromatic amines is 1. The van der Waals surface area contributed by atoms with E-state index in [1.807, 2.05) is 18.7 Å². The van der Waals surface area contributed by atoms with Crippen molar-refractivity contribution in [2.75, 3.05) is 13.2 Å². The van der Waals surface area contributed by atoms with Gasteiger partial charge in [-0.2, -0.15) is 5.10 Å². The Kier molecular flexibility index (Phi) is 2.99. The standard InChI is InChI=1S/C12H18N4OS/c1-8-10-11(15(2)14-8)16(12(18)13-10)5-6-17-7-9-3-4-9/h9H,3-7H2,1-2H3,(H,13,18). The minimum absolute atomic E-state index is 0.710. The Morgan fingerprint density at radius 3 is 3.00 bits per heavy atom. The Morgan fingerprint density at radius 2 is 2.28 bits per heavy atom. The molecule has 1 aliphatic rings. The highest BCUT2D eigenvalue weighted by Gasteiger charge is 2.21. The molecule has 0 bridgehead atoms. The van der Waals surface area contributed by atoms with Crippen molar-refractivity contribution in [3.63, 3.8) is 0 Å². The van der Waals surface area contributed by atoms with E-state index in [2.05, 4.69) is 14.6 Å². The molecule has 6 heteroatoms. The Labute approximate surface area is 111 Å². The summed E-state index contributed by atoms with van der Waals surface area (Å²) >= 11 is 5.35. The van der Waals surface area contributed by atoms with Crippen molar-refractivity contribution in [3.8, 4) is 0 Å². The molecule has 0 unspecified atom stereocenters. The van der Waals surface area contributed by atoms with Gasteiger partial charge in [0, 0.05) is 13.7 Å². The maximum absolute atomic E-state index is 5.67. The summed E-state index contributed by atoms with van der Waals surface area (Å²) in [5, 5.41) is 4.40. The van der Waals surface area contributed by atoms with E-state index in [4.69, 9.17) is 17.0 Å². The van der Waals surface area contributed by atoms with Crippen molar-refractivity contribution in [2.24, 2.45) is 13.0 Å². The van der Waals surface area contributed by atoms with Crippen molar-refractivity contribution >= 4 is 23.4 Å². The van der Waals surface area contributed by atoms with Gasteiger partial charge in [-0.05, 0) is 37.9 Å². The molecule has 2 aromatic heterocycles. The highest BCUT2D eigenvalue weighted by atomic mass is 32.1. The summed E-state index contributed by atoms with van der Waals surface area (Å²) in [5.41, 5.74) is 3.06. The van der Waals surface area contributed by atoms with Crippen LogP contribution in [0.15, 0.2) is 0 Å². The summed E-state index contributed by atoms with van der Waals surface area (Å²) in [5.74, 6) is 0.808. The van der Waals surface area contributed by atoms with E-state index in [1.165, 1.54) is 12.8 Å². The molecule has 1 N–H and O–H groups in total. The van der Waals surface area contributed by atoms with Gasteiger partial charge in [0.05, 0.1) is 18.8 Å². The lowest BCUT2D eigenvalue weighted by atomic mass is 10.4. The summed E-state index contributed by atoms with van der Waals surface area (Å²) in [7, 11) is 1.94. The minimum atomic E-state index is 0.710. The lowest BCUT2D eigenvalue weighted by molar-refractivity contribution is 0.117. The van der Waals surface area contributed by atoms with Crippen LogP contribution in [0.25, 0.3) is 11.2 Å². The lowest BCUT2D eigenvalue weighted by Crippen LogP contribution is -2.09. The topological polar surface area (TPSA) is 47.8 Å². The first-order chi connectivity index (χ1) is 8.66. The summed E-state index contributed by atoms with van der Waals surface area (Å²) in [6, 6.07) is 0. The molecular weight excluding hydrogens is 248 g/mol. The molecule has 1 saturated carbocycles. The van der Waals surface area contributed by atoms with Gasteiger partial charge < -0.3 is 9.72 Å². The van der Waals surface area contributed by atoms with E-state index < -0.39 is 0 Å². The summed E-state index contributed by atoms with van der Waals surface area (Å²) in [6.07, 6.45) is 2.66. The average molecular weight is 266 g/mol. The minimum Gasteiger partial charge on any atom is -0.379 e. The number of ether oxygens (including phenoxy) is 1. The molecule has 1 aliphatic carbocycles. The predicted molar refractivity (Wildman–Crippen MR) is 72.2 cm³/mol. The number of nitrogens with one attached hydrogen (secondary N) is 1. The molecule has 98 valence electrons. The zero-order chi connectivity index (χ0) is 12.7. The summed E-state index contributed by atoms with van der Waals surface area (Å²) in [6.45, 7) is 4.37. The van der Waals surface area contributed by atoms with Crippen LogP contribution in [0.2, 0.25) is 0 Å². The first kappa shape index (κ1) is 11.9. The van der Waals surface area contributed by atoms with Gasteiger partial charge >= 0.3 is 0 Å². The Bertz CT molecular complexity index is 620. The molecule has 0 aliphatic heterocycles. The van der Waals surface area contributed by atoms with Gasteiger partial charge in [-0.3, -0.25) is 9.25 Å². The van der Waals surface area contributed by atoms with E-state index >= 15 is 0 Å². The van der Waals surface area contributed by atoms with Crippen molar-refractivity contribution in [1.82, 2.24) is 19.3 Å². The third-order valence-electron chi connectivity index (χ3n) is 3.43. The number of nitrogens with zero attached hydrogens (tertiary/aromatic N) is 3. The van der Waals surface area contributed by atoms with E-state index in [0.29, 0.717) is 6.61 Å². The third kappa shape index (κ3) is 2.10. The van der Waals surface area contributed by atoms with Crippen molar-refractivity contribution in [2.45, 2.75) is 26.3 Å². The van der Waals surface area contributed by atoms with Crippen LogP contribution in [0.1, 0.15) is 18.5 Å². The fourth-order valence-electron chi connectivity index (χ4n) is 2.27. The zero-order valence-corrected chi connectivity index (χ0v) is 11.6. The number of hydrogen-bond acceptors (Lipinski definition) is 3. The first-order valence-corrected chi connectivity index (χ1v) is 6.77. The number of aryl methyl sites for hydroxylation is 2. The number of fused-ring (bicyclic) bond motifs is 1. The largest absolute Gasteiger partial charge is 0.379 e. The van der Waals surface area contributed by atoms with Gasteiger partial charge in [0.15, 0.2) is 10.4 Å². The highest BCUT2D eigenvalue weighted by Crippen LogP contribution is 2.28. The van der Waals surface area contributed by atoms with Crippen LogP contribution >= 0.6 is 12.2 Å². The van der Waals surface area contributed by atoms with E-state index in [9.17, 15) is 0 Å². The normalized spacial score (nSPS) is 15.7. The maximum atomic E-state index is 5.67. The smallest absolute Gasteiger partial charge is 0.179 e. The molecule has 0 amide bonds. The fourth-order valence-corrected chi connectivity index (χ4v) is 2.55. The van der Waals surface area contributed by atoms with Gasteiger partial charge in [0.2, 0.25) is 0 Å². The van der Waals surface area contributed by atoms with Crippen LogP contribution in [0.4, 0.5) is 0 Å². The second kappa shape index (κ2) is 4.51. The molecule has 0 radical (unpaired) electrons. The number of hydrogen-bond donors (Lipinski definition) is 1. The Hall–Kier alpha value is -1.14. The van der Waals surface area contributed by atoms with Crippen molar-refractivity contribution < 1.29 is 4.74 Å². The van der Waals surface area contributed by atoms with Gasteiger partial charge in [-0.15, -0.1) is 0 Å².